The number of amides is 4. The topological polar surface area (TPSA) is 224 Å². The van der Waals surface area contributed by atoms with E-state index in [0.717, 1.165) is 44.5 Å². The number of hydrogen-bond acceptors (Lipinski definition) is 14. The molecule has 22 nitrogen and oxygen atoms in total. The van der Waals surface area contributed by atoms with E-state index in [9.17, 15) is 41.8 Å². The summed E-state index contributed by atoms with van der Waals surface area (Å²) in [6.45, 7) is -1.14. The van der Waals surface area contributed by atoms with Crippen LogP contribution >= 0.6 is 0 Å². The minimum absolute atomic E-state index is 0.00258. The Morgan fingerprint density at radius 1 is 0.505 bits per heavy atom. The van der Waals surface area contributed by atoms with Crippen LogP contribution in [0.15, 0.2) is 198 Å². The molecule has 506 valence electrons. The number of nitrogens with zero attached hydrogens (tertiary/aromatic N) is 12. The summed E-state index contributed by atoms with van der Waals surface area (Å²) >= 11 is 0. The zero-order valence-corrected chi connectivity index (χ0v) is 53.9. The van der Waals surface area contributed by atoms with Crippen molar-refractivity contribution in [2.24, 2.45) is 14.1 Å². The van der Waals surface area contributed by atoms with Gasteiger partial charge < -0.3 is 49.6 Å². The number of piperazine rings is 2. The number of fused-ring (bicyclic) bond motifs is 4. The third-order valence-corrected chi connectivity index (χ3v) is 18.8. The van der Waals surface area contributed by atoms with Gasteiger partial charge in [0.25, 0.3) is 11.1 Å². The van der Waals surface area contributed by atoms with Gasteiger partial charge >= 0.3 is 25.3 Å². The van der Waals surface area contributed by atoms with E-state index in [2.05, 4.69) is 40.4 Å². The first-order chi connectivity index (χ1) is 48.1. The molecule has 8 heterocycles. The lowest BCUT2D eigenvalue weighted by Crippen LogP contribution is -2.52. The summed E-state index contributed by atoms with van der Waals surface area (Å²) in [4.78, 5) is 76.8. The summed E-state index contributed by atoms with van der Waals surface area (Å²) in [6, 6.07) is 50.5. The highest BCUT2D eigenvalue weighted by Gasteiger charge is 2.40. The van der Waals surface area contributed by atoms with Gasteiger partial charge in [-0.2, -0.15) is 17.6 Å². The third-order valence-electron chi connectivity index (χ3n) is 18.8. The second kappa shape index (κ2) is 27.6. The zero-order valence-electron chi connectivity index (χ0n) is 53.9. The van der Waals surface area contributed by atoms with Gasteiger partial charge in [0.1, 0.15) is 17.1 Å². The average Bonchev–Trinajstić information content (AvgIpc) is 1.75. The highest BCUT2D eigenvalue weighted by molar-refractivity contribution is 5.86. The minimum Gasteiger partial charge on any atom is -0.434 e. The molecule has 4 aliphatic rings. The molecule has 0 bridgehead atoms. The van der Waals surface area contributed by atoms with E-state index in [1.807, 2.05) is 125 Å². The summed E-state index contributed by atoms with van der Waals surface area (Å²) in [5, 5.41) is 16.3. The van der Waals surface area contributed by atoms with Crippen LogP contribution in [0.1, 0.15) is 38.9 Å². The van der Waals surface area contributed by atoms with Crippen molar-refractivity contribution in [2.45, 2.75) is 57.2 Å². The molecule has 11 aromatic rings. The maximum absolute atomic E-state index is 13.9. The summed E-state index contributed by atoms with van der Waals surface area (Å²) in [5.41, 5.74) is 7.70. The number of halogens is 4. The molecule has 4 aliphatic heterocycles. The Hall–Kier alpha value is -11.4. The number of alkyl halides is 4. The molecule has 4 fully saturated rings. The SMILES string of the molecule is Cn1c(=O)c2ccc(-c3cnc(N4CCN5C(=O)NC[C@H]5C4)nc3)cc2n1Cc1cc(CO)ccc1OC(F)F.Cn1c(=O)c2ccc(-c3cnc(N4CCN5C(=O)NC[C@H]5C4)nc3)cc2n1Cc1cc(COC(c2ccccc2)(c2ccccc2)c2ccccc2)ccc1OC(F)F. The monoisotopic (exact) mass is 1340 g/mol. The molecular formula is C73H68F4N14O8. The molecule has 26 heteroatoms. The van der Waals surface area contributed by atoms with E-state index >= 15 is 0 Å². The Kier molecular flexibility index (Phi) is 18.1. The summed E-state index contributed by atoms with van der Waals surface area (Å²) in [6.07, 6.45) is 6.94. The van der Waals surface area contributed by atoms with Gasteiger partial charge in [-0.3, -0.25) is 28.3 Å². The van der Waals surface area contributed by atoms with E-state index in [0.29, 0.717) is 103 Å². The van der Waals surface area contributed by atoms with E-state index in [1.54, 1.807) is 78.6 Å². The van der Waals surface area contributed by atoms with Crippen molar-refractivity contribution in [3.63, 3.8) is 0 Å². The first-order valence-electron chi connectivity index (χ1n) is 32.3. The Labute approximate surface area is 564 Å². The van der Waals surface area contributed by atoms with Crippen LogP contribution in [0.5, 0.6) is 11.5 Å². The van der Waals surface area contributed by atoms with Gasteiger partial charge in [-0.05, 0) is 87.5 Å². The number of anilines is 2. The van der Waals surface area contributed by atoms with Gasteiger partial charge in [0.05, 0.1) is 60.2 Å². The molecule has 4 amide bonds. The first-order valence-corrected chi connectivity index (χ1v) is 32.3. The quantitative estimate of drug-likeness (QED) is 0.0507. The van der Waals surface area contributed by atoms with Crippen molar-refractivity contribution < 1.29 is 46.5 Å². The largest absolute Gasteiger partial charge is 0.434 e. The van der Waals surface area contributed by atoms with Crippen molar-refractivity contribution in [1.82, 2.24) is 59.1 Å². The summed E-state index contributed by atoms with van der Waals surface area (Å²) < 4.78 is 77.0. The van der Waals surface area contributed by atoms with Crippen LogP contribution in [-0.2, 0) is 50.7 Å². The summed E-state index contributed by atoms with van der Waals surface area (Å²) in [5.74, 6) is 1.13. The molecule has 7 aromatic carbocycles. The number of aliphatic hydroxyl groups is 1. The highest BCUT2D eigenvalue weighted by atomic mass is 19.3. The van der Waals surface area contributed by atoms with Gasteiger partial charge in [0.15, 0.2) is 0 Å². The van der Waals surface area contributed by atoms with Crippen molar-refractivity contribution in [2.75, 3.05) is 62.2 Å². The van der Waals surface area contributed by atoms with Crippen LogP contribution in [0.4, 0.5) is 39.0 Å². The van der Waals surface area contributed by atoms with E-state index in [1.165, 1.54) is 27.6 Å². The second-order valence-corrected chi connectivity index (χ2v) is 24.6. The number of hydrogen-bond donors (Lipinski definition) is 3. The Morgan fingerprint density at radius 2 is 0.909 bits per heavy atom. The Balaban J connectivity index is 0.000000182. The van der Waals surface area contributed by atoms with Crippen LogP contribution in [0, 0.1) is 0 Å². The fraction of sp³-hybridized carbons (Fsp3) is 0.260. The summed E-state index contributed by atoms with van der Waals surface area (Å²) in [7, 11) is 3.26. The van der Waals surface area contributed by atoms with Crippen molar-refractivity contribution in [3.05, 3.63) is 248 Å². The second-order valence-electron chi connectivity index (χ2n) is 24.6. The normalized spacial score (nSPS) is 16.1. The van der Waals surface area contributed by atoms with Gasteiger partial charge in [-0.15, -0.1) is 0 Å². The molecule has 99 heavy (non-hydrogen) atoms. The molecule has 2 atom stereocenters. The molecule has 0 saturated carbocycles. The number of carbonyl (C=O) groups excluding carboxylic acids is 2. The maximum Gasteiger partial charge on any atom is 0.387 e. The molecule has 0 radical (unpaired) electrons. The van der Waals surface area contributed by atoms with Crippen LogP contribution in [-0.4, -0.2) is 143 Å². The number of aromatic nitrogens is 8. The minimum atomic E-state index is -3.06. The van der Waals surface area contributed by atoms with Crippen LogP contribution < -0.4 is 41.0 Å². The fourth-order valence-electron chi connectivity index (χ4n) is 13.7. The zero-order chi connectivity index (χ0) is 68.5. The van der Waals surface area contributed by atoms with Gasteiger partial charge in [-0.25, -0.2) is 29.5 Å². The number of rotatable bonds is 19. The highest BCUT2D eigenvalue weighted by Crippen LogP contribution is 2.42. The molecule has 4 aromatic heterocycles. The maximum atomic E-state index is 13.9. The average molecular weight is 1350 g/mol. The lowest BCUT2D eigenvalue weighted by molar-refractivity contribution is -0.0512. The molecule has 0 aliphatic carbocycles. The van der Waals surface area contributed by atoms with E-state index in [4.69, 9.17) is 14.2 Å². The standard InChI is InChI=1S/C46H41F2N7O4.C27H27F2N7O4/c1-52-42(56)39-19-18-32(34-25-49-44(50-26-34)53-21-22-54-38(29-53)27-51-45(54)57)24-40(39)55(52)28-33-23-31(17-20-41(33)59-43(47)48)30-58-46(35-11-5-2-6-12-35,36-13-7-3-8-14-36)37-15-9-4-10-16-37;1-33-24(38)21-4-3-17(9-22(21)36(33)13-18-8-16(15-37)2-5-23(18)40-25(28)29)19-10-30-26(31-11-19)34-6-7-35-20(14-34)12-32-27(35)39/h2-20,23-26,38,43H,21-22,27-30H2,1H3,(H,51,57);2-5,8-11,20,25,37H,6-7,12-15H2,1H3,(H,32,39)/t38-;20-/m00/s1. The molecule has 0 unspecified atom stereocenters. The van der Waals surface area contributed by atoms with Crippen LogP contribution in [0.2, 0.25) is 0 Å². The number of carbonyl (C=O) groups is 2. The lowest BCUT2D eigenvalue weighted by atomic mass is 9.80. The Bertz CT molecular complexity index is 4790. The predicted octanol–water partition coefficient (Wildman–Crippen LogP) is 9.32. The molecule has 0 spiro atoms. The molecule has 4 saturated heterocycles. The molecule has 15 rings (SSSR count). The molecular weight excluding hydrogens is 1280 g/mol. The molecule has 3 N–H and O–H groups in total. The first kappa shape index (κ1) is 64.9. The van der Waals surface area contributed by atoms with E-state index in [-0.39, 0.29) is 73.1 Å². The van der Waals surface area contributed by atoms with Crippen molar-refractivity contribution in [1.29, 1.82) is 0 Å². The number of nitrogens with one attached hydrogen (secondary N) is 2. The fourth-order valence-corrected chi connectivity index (χ4v) is 13.7. The number of benzene rings is 7. The third kappa shape index (κ3) is 13.0. The Morgan fingerprint density at radius 3 is 1.31 bits per heavy atom. The van der Waals surface area contributed by atoms with E-state index < -0.39 is 18.8 Å². The van der Waals surface area contributed by atoms with Gasteiger partial charge in [0.2, 0.25) is 11.9 Å². The smallest absolute Gasteiger partial charge is 0.387 e. The lowest BCUT2D eigenvalue weighted by Gasteiger charge is -2.36. The van der Waals surface area contributed by atoms with Crippen molar-refractivity contribution >= 4 is 45.8 Å². The number of urea groups is 2. The van der Waals surface area contributed by atoms with Crippen LogP contribution in [0.3, 0.4) is 0 Å². The van der Waals surface area contributed by atoms with Gasteiger partial charge in [0, 0.05) is 113 Å². The van der Waals surface area contributed by atoms with Gasteiger partial charge in [-0.1, -0.05) is 115 Å². The number of ether oxygens (including phenoxy) is 3. The van der Waals surface area contributed by atoms with Crippen molar-refractivity contribution in [3.8, 4) is 33.8 Å². The predicted molar refractivity (Wildman–Crippen MR) is 363 cm³/mol. The van der Waals surface area contributed by atoms with Crippen LogP contribution in [0.25, 0.3) is 44.1 Å². The number of aliphatic hydroxyl groups excluding tert-OH is 1.